The molecule has 2 nitrogen and oxygen atoms in total. The van der Waals surface area contributed by atoms with Crippen molar-refractivity contribution in [2.24, 2.45) is 0 Å². The summed E-state index contributed by atoms with van der Waals surface area (Å²) in [5, 5.41) is 1.67. The Morgan fingerprint density at radius 2 is 2.00 bits per heavy atom. The summed E-state index contributed by atoms with van der Waals surface area (Å²) in [4.78, 5) is 0. The zero-order chi connectivity index (χ0) is 11.0. The number of rotatable bonds is 2. The Hall–Kier alpha value is 0.280. The molecule has 0 bridgehead atoms. The van der Waals surface area contributed by atoms with E-state index in [1.54, 1.807) is 5.09 Å². The van der Waals surface area contributed by atoms with Gasteiger partial charge in [-0.25, -0.2) is 0 Å². The molecule has 0 fully saturated rings. The molecule has 0 spiro atoms. The zero-order valence-corrected chi connectivity index (χ0v) is 9.92. The van der Waals surface area contributed by atoms with Crippen LogP contribution in [-0.4, -0.2) is 6.61 Å². The Morgan fingerprint density at radius 3 is 2.43 bits per heavy atom. The topological polar surface area (TPSA) is 21.3 Å². The second-order valence-electron chi connectivity index (χ2n) is 2.50. The third-order valence-corrected chi connectivity index (χ3v) is 12.9. The minimum absolute atomic E-state index is 0.0274. The monoisotopic (exact) mass is 275 g/mol. The summed E-state index contributed by atoms with van der Waals surface area (Å²) in [7, 11) is -15.5. The molecule has 1 unspecified atom stereocenters. The Balaban J connectivity index is 2.95. The van der Waals surface area contributed by atoms with Gasteiger partial charge in [0.05, 0.1) is 0 Å². The average Bonchev–Trinajstić information content (AvgIpc) is 2.01. The summed E-state index contributed by atoms with van der Waals surface area (Å²) in [6.07, 6.45) is 0. The van der Waals surface area contributed by atoms with Crippen LogP contribution in [0.1, 0.15) is 6.92 Å². The van der Waals surface area contributed by atoms with Gasteiger partial charge in [0.2, 0.25) is 0 Å². The fourth-order valence-corrected chi connectivity index (χ4v) is 8.21. The van der Waals surface area contributed by atoms with E-state index in [1.165, 1.54) is 6.92 Å². The number of ether oxygens (including phenoxy) is 1. The maximum atomic E-state index is 12.8. The van der Waals surface area contributed by atoms with Gasteiger partial charge in [-0.15, -0.1) is 0 Å². The van der Waals surface area contributed by atoms with Crippen LogP contribution in [0.2, 0.25) is 0 Å². The molecule has 0 aliphatic carbocycles. The molecule has 1 rings (SSSR count). The summed E-state index contributed by atoms with van der Waals surface area (Å²) in [6.45, 7) is 1.52. The Labute approximate surface area is 79.8 Å². The molecule has 1 N–H and O–H groups in total. The van der Waals surface area contributed by atoms with E-state index in [0.29, 0.717) is 0 Å². The van der Waals surface area contributed by atoms with E-state index >= 15 is 0 Å². The first-order chi connectivity index (χ1) is 6.31. The predicted octanol–water partition coefficient (Wildman–Crippen LogP) is 4.57. The van der Waals surface area contributed by atoms with Gasteiger partial charge in [0, 0.05) is 0 Å². The normalized spacial score (nSPS) is 33.6. The second kappa shape index (κ2) is 4.03. The summed E-state index contributed by atoms with van der Waals surface area (Å²) >= 11 is 0. The quantitative estimate of drug-likeness (QED) is 0.588. The van der Waals surface area contributed by atoms with Gasteiger partial charge in [0.1, 0.15) is 0 Å². The van der Waals surface area contributed by atoms with E-state index < -0.39 is 28.8 Å². The molecule has 0 saturated carbocycles. The van der Waals surface area contributed by atoms with Crippen LogP contribution in [0.5, 0.6) is 0 Å². The van der Waals surface area contributed by atoms with Crippen LogP contribution >= 0.6 is 22.9 Å². The molecule has 0 radical (unpaired) electrons. The van der Waals surface area contributed by atoms with Crippen molar-refractivity contribution in [3.8, 4) is 0 Å². The van der Waals surface area contributed by atoms with Gasteiger partial charge in [-0.1, -0.05) is 0 Å². The molecule has 0 saturated heterocycles. The molecule has 1 atom stereocenters. The maximum absolute atomic E-state index is 12.8. The summed E-state index contributed by atoms with van der Waals surface area (Å²) in [6, 6.07) is 0. The fraction of sp³-hybridized carbons (Fsp3) is 0.500. The molecule has 1 heterocycles. The Kier molecular flexibility index (Phi) is 3.56. The molecule has 1 aliphatic heterocycles. The van der Waals surface area contributed by atoms with Crippen molar-refractivity contribution in [2.45, 2.75) is 6.92 Å². The SMILES string of the molecule is CCOC1=C[PH](F)(F)[PH](F)(F)P(F)N1. The van der Waals surface area contributed by atoms with Crippen LogP contribution < -0.4 is 5.09 Å². The molecule has 86 valence electrons. The molecule has 0 aromatic rings. The molecule has 1 aliphatic rings. The van der Waals surface area contributed by atoms with Crippen LogP contribution in [0.3, 0.4) is 0 Å². The fourth-order valence-electron chi connectivity index (χ4n) is 0.811. The average molecular weight is 275 g/mol. The van der Waals surface area contributed by atoms with Crippen molar-refractivity contribution in [1.29, 1.82) is 0 Å². The van der Waals surface area contributed by atoms with Crippen LogP contribution in [0, 0.1) is 0 Å². The summed E-state index contributed by atoms with van der Waals surface area (Å²) in [5.41, 5.74) is 0. The van der Waals surface area contributed by atoms with E-state index in [0.717, 1.165) is 0 Å². The van der Waals surface area contributed by atoms with Gasteiger partial charge in [0.25, 0.3) is 0 Å². The van der Waals surface area contributed by atoms with Gasteiger partial charge in [-0.3, -0.25) is 0 Å². The standard InChI is InChI=1S/C4H9F5NOP3/c1-2-11-4-3-13(6,7)14(8,9)12(5)10-4/h3,10,13-14H,2H2,1H3. The summed E-state index contributed by atoms with van der Waals surface area (Å²) < 4.78 is 68.4. The molecule has 0 aromatic heterocycles. The number of hydrogen-bond acceptors (Lipinski definition) is 2. The van der Waals surface area contributed by atoms with Crippen LogP contribution in [0.4, 0.5) is 21.0 Å². The third kappa shape index (κ3) is 2.10. The molecule has 0 amide bonds. The molecule has 14 heavy (non-hydrogen) atoms. The molecular weight excluding hydrogens is 266 g/mol. The van der Waals surface area contributed by atoms with Gasteiger partial charge in [0.15, 0.2) is 0 Å². The van der Waals surface area contributed by atoms with Crippen molar-refractivity contribution < 1.29 is 25.7 Å². The van der Waals surface area contributed by atoms with Crippen molar-refractivity contribution >= 4 is 22.9 Å². The first-order valence-electron chi connectivity index (χ1n) is 3.65. The van der Waals surface area contributed by atoms with Gasteiger partial charge >= 0.3 is 78.9 Å². The summed E-state index contributed by atoms with van der Waals surface area (Å²) in [5.74, 6) is -0.447. The van der Waals surface area contributed by atoms with Crippen LogP contribution in [0.15, 0.2) is 11.7 Å². The molecule has 10 heteroatoms. The first kappa shape index (κ1) is 12.4. The Morgan fingerprint density at radius 1 is 1.43 bits per heavy atom. The van der Waals surface area contributed by atoms with Gasteiger partial charge in [-0.05, 0) is 0 Å². The van der Waals surface area contributed by atoms with Crippen molar-refractivity contribution in [3.63, 3.8) is 0 Å². The first-order valence-corrected chi connectivity index (χ1v) is 10.3. The van der Waals surface area contributed by atoms with E-state index in [2.05, 4.69) is 4.74 Å². The van der Waals surface area contributed by atoms with Crippen LogP contribution in [-0.2, 0) is 4.74 Å². The van der Waals surface area contributed by atoms with Gasteiger partial charge in [-0.2, -0.15) is 0 Å². The molecule has 0 aromatic carbocycles. The van der Waals surface area contributed by atoms with E-state index in [4.69, 9.17) is 0 Å². The van der Waals surface area contributed by atoms with Crippen molar-refractivity contribution in [1.82, 2.24) is 5.09 Å². The van der Waals surface area contributed by atoms with Crippen LogP contribution in [0.25, 0.3) is 0 Å². The Bertz CT molecular complexity index is 259. The second-order valence-corrected chi connectivity index (χ2v) is 13.9. The van der Waals surface area contributed by atoms with Gasteiger partial charge < -0.3 is 0 Å². The number of halogens is 5. The third-order valence-electron chi connectivity index (χ3n) is 1.47. The van der Waals surface area contributed by atoms with Crippen molar-refractivity contribution in [2.75, 3.05) is 6.61 Å². The van der Waals surface area contributed by atoms with E-state index in [1.807, 2.05) is 0 Å². The van der Waals surface area contributed by atoms with E-state index in [9.17, 15) is 21.0 Å². The number of hydrogen-bond donors (Lipinski definition) is 1. The van der Waals surface area contributed by atoms with E-state index in [-0.39, 0.29) is 12.4 Å². The number of nitrogens with one attached hydrogen (secondary N) is 1. The minimum atomic E-state index is -6.06. The predicted molar refractivity (Wildman–Crippen MR) is 51.9 cm³/mol. The zero-order valence-electron chi connectivity index (χ0n) is 7.03. The molecular formula is C4H9F5NOP3. The van der Waals surface area contributed by atoms with Crippen molar-refractivity contribution in [3.05, 3.63) is 11.7 Å².